The highest BCUT2D eigenvalue weighted by Gasteiger charge is 2.30. The number of aromatic amines is 1. The average molecular weight is 531 g/mol. The Balaban J connectivity index is 1.37. The minimum absolute atomic E-state index is 0.185. The summed E-state index contributed by atoms with van der Waals surface area (Å²) in [7, 11) is 0. The molecule has 0 saturated carbocycles. The molecule has 1 amide bonds. The molecule has 11 heteroatoms. The number of alkyl halides is 3. The highest BCUT2D eigenvalue weighted by atomic mass is 32.1. The summed E-state index contributed by atoms with van der Waals surface area (Å²) in [6.45, 7) is 1.81. The summed E-state index contributed by atoms with van der Waals surface area (Å²) in [6, 6.07) is 11.9. The van der Waals surface area contributed by atoms with Crippen LogP contribution < -0.4 is 10.1 Å². The first-order valence-corrected chi connectivity index (χ1v) is 12.4. The molecule has 4 rings (SSSR count). The third-order valence-electron chi connectivity index (χ3n) is 5.73. The minimum atomic E-state index is -4.38. The zero-order valence-corrected chi connectivity index (χ0v) is 20.6. The van der Waals surface area contributed by atoms with E-state index in [1.54, 1.807) is 6.92 Å². The van der Waals surface area contributed by atoms with Gasteiger partial charge in [-0.1, -0.05) is 30.3 Å². The van der Waals surface area contributed by atoms with Crippen LogP contribution >= 0.6 is 11.3 Å². The number of imidazole rings is 1. The third-order valence-corrected chi connectivity index (χ3v) is 6.67. The lowest BCUT2D eigenvalue weighted by Gasteiger charge is -2.21. The molecule has 0 saturated heterocycles. The standard InChI is InChI=1S/C26H25F3N4O3S/c1-16(34)21(33-24(35)22-12-30-15-31-22)11-8-17-4-2-3-5-23(17)36-13-20-14-37-25(32-20)18-6-9-19(10-7-18)26(27,28)29/h2-7,9-10,12,14-16,21,34H,8,11,13H2,1H3,(H,30,31)(H,33,35)/t16-,21+/m0/s1. The van der Waals surface area contributed by atoms with Crippen molar-refractivity contribution in [2.45, 2.75) is 44.7 Å². The molecule has 0 bridgehead atoms. The van der Waals surface area contributed by atoms with Crippen LogP contribution in [0.25, 0.3) is 10.6 Å². The average Bonchev–Trinajstić information content (AvgIpc) is 3.58. The molecule has 4 aromatic rings. The first-order chi connectivity index (χ1) is 17.7. The molecule has 0 spiro atoms. The zero-order chi connectivity index (χ0) is 26.4. The molecular weight excluding hydrogens is 505 g/mol. The van der Waals surface area contributed by atoms with Crippen LogP contribution in [-0.2, 0) is 19.2 Å². The molecule has 0 unspecified atom stereocenters. The number of carbonyl (C=O) groups is 1. The van der Waals surface area contributed by atoms with Gasteiger partial charge in [0.2, 0.25) is 0 Å². The van der Waals surface area contributed by atoms with Crippen LogP contribution in [-0.4, -0.2) is 38.1 Å². The Labute approximate surface area is 215 Å². The number of nitrogens with one attached hydrogen (secondary N) is 2. The number of aromatic nitrogens is 3. The molecule has 0 aliphatic heterocycles. The summed E-state index contributed by atoms with van der Waals surface area (Å²) in [6.07, 6.45) is -1.30. The summed E-state index contributed by atoms with van der Waals surface area (Å²) < 4.78 is 44.4. The van der Waals surface area contributed by atoms with E-state index in [1.165, 1.54) is 36.0 Å². The van der Waals surface area contributed by atoms with E-state index in [0.29, 0.717) is 40.6 Å². The number of aliphatic hydroxyl groups excluding tert-OH is 1. The van der Waals surface area contributed by atoms with Crippen LogP contribution in [0.1, 0.15) is 40.7 Å². The minimum Gasteiger partial charge on any atom is -0.487 e. The summed E-state index contributed by atoms with van der Waals surface area (Å²) in [4.78, 5) is 23.4. The number of hydrogen-bond donors (Lipinski definition) is 3. The number of aryl methyl sites for hydroxylation is 1. The van der Waals surface area contributed by atoms with E-state index in [0.717, 1.165) is 17.7 Å². The predicted molar refractivity (Wildman–Crippen MR) is 133 cm³/mol. The quantitative estimate of drug-likeness (QED) is 0.260. The number of aliphatic hydroxyl groups is 1. The van der Waals surface area contributed by atoms with E-state index < -0.39 is 23.9 Å². The van der Waals surface area contributed by atoms with Crippen molar-refractivity contribution in [3.8, 4) is 16.3 Å². The second-order valence-electron chi connectivity index (χ2n) is 8.44. The van der Waals surface area contributed by atoms with Gasteiger partial charge >= 0.3 is 6.18 Å². The number of nitrogens with zero attached hydrogens (tertiary/aromatic N) is 2. The van der Waals surface area contributed by atoms with Crippen molar-refractivity contribution in [3.05, 3.63) is 88.9 Å². The summed E-state index contributed by atoms with van der Waals surface area (Å²) >= 11 is 1.33. The van der Waals surface area contributed by atoms with Gasteiger partial charge < -0.3 is 20.1 Å². The lowest BCUT2D eigenvalue weighted by molar-refractivity contribution is -0.137. The van der Waals surface area contributed by atoms with Crippen LogP contribution in [0.4, 0.5) is 13.2 Å². The molecule has 2 aromatic carbocycles. The van der Waals surface area contributed by atoms with Gasteiger partial charge in [-0.3, -0.25) is 4.79 Å². The van der Waals surface area contributed by atoms with E-state index >= 15 is 0 Å². The van der Waals surface area contributed by atoms with Crippen molar-refractivity contribution in [3.63, 3.8) is 0 Å². The highest BCUT2D eigenvalue weighted by molar-refractivity contribution is 7.13. The van der Waals surface area contributed by atoms with Gasteiger partial charge in [-0.05, 0) is 43.5 Å². The number of carbonyl (C=O) groups excluding carboxylic acids is 1. The lowest BCUT2D eigenvalue weighted by Crippen LogP contribution is -2.42. The number of para-hydroxylation sites is 1. The summed E-state index contributed by atoms with van der Waals surface area (Å²) in [5, 5.41) is 15.4. The smallest absolute Gasteiger partial charge is 0.416 e. The van der Waals surface area contributed by atoms with Crippen LogP contribution in [0, 0.1) is 0 Å². The number of hydrogen-bond acceptors (Lipinski definition) is 6. The maximum atomic E-state index is 12.8. The van der Waals surface area contributed by atoms with Crippen LogP contribution in [0.3, 0.4) is 0 Å². The van der Waals surface area contributed by atoms with Crippen molar-refractivity contribution in [1.82, 2.24) is 20.3 Å². The Morgan fingerprint density at radius 3 is 2.62 bits per heavy atom. The number of amides is 1. The summed E-state index contributed by atoms with van der Waals surface area (Å²) in [5.41, 5.74) is 1.77. The van der Waals surface area contributed by atoms with E-state index in [9.17, 15) is 23.1 Å². The van der Waals surface area contributed by atoms with E-state index in [4.69, 9.17) is 4.74 Å². The summed E-state index contributed by atoms with van der Waals surface area (Å²) in [5.74, 6) is 0.302. The number of ether oxygens (including phenoxy) is 1. The van der Waals surface area contributed by atoms with Gasteiger partial charge in [0.05, 0.1) is 35.9 Å². The Morgan fingerprint density at radius 2 is 1.95 bits per heavy atom. The SMILES string of the molecule is C[C@H](O)[C@@H](CCc1ccccc1OCc1csc(-c2ccc(C(F)(F)F)cc2)n1)NC(=O)c1cnc[nH]1. The Morgan fingerprint density at radius 1 is 1.19 bits per heavy atom. The topological polar surface area (TPSA) is 100 Å². The van der Waals surface area contributed by atoms with Crippen LogP contribution in [0.2, 0.25) is 0 Å². The van der Waals surface area contributed by atoms with E-state index in [2.05, 4.69) is 20.3 Å². The van der Waals surface area contributed by atoms with Crippen molar-refractivity contribution < 1.29 is 27.8 Å². The zero-order valence-electron chi connectivity index (χ0n) is 19.8. The first kappa shape index (κ1) is 26.4. The predicted octanol–water partition coefficient (Wildman–Crippen LogP) is 5.24. The third kappa shape index (κ3) is 6.95. The van der Waals surface area contributed by atoms with Crippen molar-refractivity contribution >= 4 is 17.2 Å². The fourth-order valence-corrected chi connectivity index (χ4v) is 4.49. The molecular formula is C26H25F3N4O3S. The molecule has 0 aliphatic carbocycles. The fourth-order valence-electron chi connectivity index (χ4n) is 3.68. The van der Waals surface area contributed by atoms with Gasteiger partial charge in [-0.15, -0.1) is 11.3 Å². The molecule has 0 aliphatic rings. The molecule has 0 radical (unpaired) electrons. The van der Waals surface area contributed by atoms with Crippen molar-refractivity contribution in [2.75, 3.05) is 0 Å². The first-order valence-electron chi connectivity index (χ1n) is 11.5. The van der Waals surface area contributed by atoms with Crippen LogP contribution in [0.15, 0.2) is 66.4 Å². The molecule has 3 N–H and O–H groups in total. The Hall–Kier alpha value is -3.70. The monoisotopic (exact) mass is 530 g/mol. The largest absolute Gasteiger partial charge is 0.487 e. The van der Waals surface area contributed by atoms with Gasteiger partial charge in [-0.2, -0.15) is 13.2 Å². The number of rotatable bonds is 10. The highest BCUT2D eigenvalue weighted by Crippen LogP contribution is 2.32. The lowest BCUT2D eigenvalue weighted by atomic mass is 10.0. The molecule has 7 nitrogen and oxygen atoms in total. The Kier molecular flexibility index (Phi) is 8.24. The molecule has 194 valence electrons. The van der Waals surface area contributed by atoms with Gasteiger partial charge in [-0.25, -0.2) is 9.97 Å². The molecule has 2 heterocycles. The second kappa shape index (κ2) is 11.6. The van der Waals surface area contributed by atoms with Gasteiger partial charge in [0.15, 0.2) is 0 Å². The number of halogens is 3. The van der Waals surface area contributed by atoms with Gasteiger partial charge in [0.1, 0.15) is 23.1 Å². The van der Waals surface area contributed by atoms with E-state index in [1.807, 2.05) is 29.6 Å². The van der Waals surface area contributed by atoms with Gasteiger partial charge in [0, 0.05) is 10.9 Å². The molecule has 2 aromatic heterocycles. The molecule has 0 fully saturated rings. The Bertz CT molecular complexity index is 1310. The number of H-pyrrole nitrogens is 1. The molecule has 37 heavy (non-hydrogen) atoms. The number of thiazole rings is 1. The maximum Gasteiger partial charge on any atom is 0.416 e. The molecule has 2 atom stereocenters. The normalized spacial score (nSPS) is 13.2. The van der Waals surface area contributed by atoms with Gasteiger partial charge in [0.25, 0.3) is 5.91 Å². The van der Waals surface area contributed by atoms with Crippen molar-refractivity contribution in [2.24, 2.45) is 0 Å². The van der Waals surface area contributed by atoms with Crippen molar-refractivity contribution in [1.29, 1.82) is 0 Å². The maximum absolute atomic E-state index is 12.8. The van der Waals surface area contributed by atoms with Crippen LogP contribution in [0.5, 0.6) is 5.75 Å². The fraction of sp³-hybridized carbons (Fsp3) is 0.269. The second-order valence-corrected chi connectivity index (χ2v) is 9.30. The number of benzene rings is 2. The van der Waals surface area contributed by atoms with E-state index in [-0.39, 0.29) is 12.5 Å².